The number of carbonyl (C=O) groups excluding carboxylic acids is 2. The van der Waals surface area contributed by atoms with E-state index in [1.807, 2.05) is 13.8 Å². The van der Waals surface area contributed by atoms with E-state index in [2.05, 4.69) is 10.6 Å². The summed E-state index contributed by atoms with van der Waals surface area (Å²) in [7, 11) is 0. The first-order chi connectivity index (χ1) is 12.0. The number of rotatable bonds is 6. The van der Waals surface area contributed by atoms with Crippen LogP contribution in [0, 0.1) is 5.82 Å². The van der Waals surface area contributed by atoms with Crippen LogP contribution < -0.4 is 20.1 Å². The van der Waals surface area contributed by atoms with Crippen LogP contribution in [-0.4, -0.2) is 25.0 Å². The number of amides is 2. The molecule has 132 valence electrons. The van der Waals surface area contributed by atoms with Gasteiger partial charge in [-0.3, -0.25) is 9.59 Å². The topological polar surface area (TPSA) is 76.7 Å². The first-order valence-corrected chi connectivity index (χ1v) is 7.81. The highest BCUT2D eigenvalue weighted by atomic mass is 19.1. The minimum absolute atomic E-state index is 0.0654. The molecule has 0 atom stereocenters. The fraction of sp³-hybridized carbons (Fsp3) is 0.222. The van der Waals surface area contributed by atoms with Crippen LogP contribution in [0.2, 0.25) is 0 Å². The fourth-order valence-corrected chi connectivity index (χ4v) is 2.06. The molecular formula is C18H19FN2O4. The summed E-state index contributed by atoms with van der Waals surface area (Å²) in [5.74, 6) is -1.52. The summed E-state index contributed by atoms with van der Waals surface area (Å²) in [6, 6.07) is 10.4. The smallest absolute Gasteiger partial charge is 0.314 e. The molecule has 0 bridgehead atoms. The van der Waals surface area contributed by atoms with E-state index in [0.717, 1.165) is 0 Å². The van der Waals surface area contributed by atoms with Crippen LogP contribution in [0.1, 0.15) is 13.8 Å². The third kappa shape index (κ3) is 4.94. The Morgan fingerprint density at radius 2 is 1.56 bits per heavy atom. The Balaban J connectivity index is 2.07. The number of para-hydroxylation sites is 1. The number of nitrogens with one attached hydrogen (secondary N) is 2. The Hall–Kier alpha value is -3.09. The maximum absolute atomic E-state index is 13.5. The molecule has 7 heteroatoms. The third-order valence-corrected chi connectivity index (χ3v) is 3.13. The molecule has 0 radical (unpaired) electrons. The summed E-state index contributed by atoms with van der Waals surface area (Å²) in [6.07, 6.45) is 0. The predicted octanol–water partition coefficient (Wildman–Crippen LogP) is 3.20. The molecule has 2 N–H and O–H groups in total. The second-order valence-corrected chi connectivity index (χ2v) is 4.92. The van der Waals surface area contributed by atoms with Crippen LogP contribution in [0.15, 0.2) is 42.5 Å². The molecule has 0 aliphatic carbocycles. The van der Waals surface area contributed by atoms with Crippen molar-refractivity contribution < 1.29 is 23.5 Å². The summed E-state index contributed by atoms with van der Waals surface area (Å²) in [4.78, 5) is 23.9. The van der Waals surface area contributed by atoms with Crippen molar-refractivity contribution in [3.63, 3.8) is 0 Å². The lowest BCUT2D eigenvalue weighted by atomic mass is 10.2. The summed E-state index contributed by atoms with van der Waals surface area (Å²) in [5, 5.41) is 4.66. The number of hydrogen-bond acceptors (Lipinski definition) is 4. The zero-order valence-electron chi connectivity index (χ0n) is 14.0. The maximum atomic E-state index is 13.5. The molecule has 2 amide bonds. The first kappa shape index (κ1) is 18.3. The van der Waals surface area contributed by atoms with E-state index in [1.54, 1.807) is 24.3 Å². The van der Waals surface area contributed by atoms with Gasteiger partial charge in [0.1, 0.15) is 5.82 Å². The van der Waals surface area contributed by atoms with Crippen LogP contribution in [0.3, 0.4) is 0 Å². The maximum Gasteiger partial charge on any atom is 0.314 e. The molecule has 0 unspecified atom stereocenters. The van der Waals surface area contributed by atoms with E-state index in [0.29, 0.717) is 30.4 Å². The number of hydrogen-bond donors (Lipinski definition) is 2. The lowest BCUT2D eigenvalue weighted by Crippen LogP contribution is -2.29. The zero-order valence-corrected chi connectivity index (χ0v) is 14.0. The van der Waals surface area contributed by atoms with Crippen molar-refractivity contribution in [2.75, 3.05) is 23.8 Å². The van der Waals surface area contributed by atoms with Crippen molar-refractivity contribution in [1.82, 2.24) is 0 Å². The van der Waals surface area contributed by atoms with E-state index < -0.39 is 17.6 Å². The minimum atomic E-state index is -0.975. The van der Waals surface area contributed by atoms with Crippen molar-refractivity contribution in [3.05, 3.63) is 48.3 Å². The van der Waals surface area contributed by atoms with Gasteiger partial charge >= 0.3 is 11.8 Å². The molecule has 0 saturated heterocycles. The number of ether oxygens (including phenoxy) is 2. The van der Waals surface area contributed by atoms with Crippen LogP contribution >= 0.6 is 0 Å². The van der Waals surface area contributed by atoms with Crippen LogP contribution in [0.4, 0.5) is 15.8 Å². The van der Waals surface area contributed by atoms with Gasteiger partial charge in [0.2, 0.25) is 0 Å². The number of anilines is 2. The number of halogens is 1. The molecule has 0 heterocycles. The highest BCUT2D eigenvalue weighted by molar-refractivity contribution is 6.43. The van der Waals surface area contributed by atoms with Crippen molar-refractivity contribution in [2.24, 2.45) is 0 Å². The van der Waals surface area contributed by atoms with E-state index in [4.69, 9.17) is 9.47 Å². The Kier molecular flexibility index (Phi) is 6.33. The van der Waals surface area contributed by atoms with E-state index >= 15 is 0 Å². The van der Waals surface area contributed by atoms with Gasteiger partial charge in [-0.1, -0.05) is 12.1 Å². The number of carbonyl (C=O) groups is 2. The average molecular weight is 346 g/mol. The van der Waals surface area contributed by atoms with Crippen molar-refractivity contribution in [3.8, 4) is 11.5 Å². The average Bonchev–Trinajstić information content (AvgIpc) is 2.59. The van der Waals surface area contributed by atoms with E-state index in [9.17, 15) is 14.0 Å². The molecule has 0 aromatic heterocycles. The molecule has 2 aromatic rings. The van der Waals surface area contributed by atoms with Gasteiger partial charge < -0.3 is 20.1 Å². The SMILES string of the molecule is CCOc1ccc(NC(=O)C(=O)Nc2ccccc2F)cc1OCC. The molecule has 0 aliphatic rings. The lowest BCUT2D eigenvalue weighted by Gasteiger charge is -2.13. The van der Waals surface area contributed by atoms with Gasteiger partial charge in [0, 0.05) is 11.8 Å². The van der Waals surface area contributed by atoms with Crippen molar-refractivity contribution in [1.29, 1.82) is 0 Å². The van der Waals surface area contributed by atoms with Crippen LogP contribution in [-0.2, 0) is 9.59 Å². The quantitative estimate of drug-likeness (QED) is 0.788. The molecule has 25 heavy (non-hydrogen) atoms. The fourth-order valence-electron chi connectivity index (χ4n) is 2.06. The third-order valence-electron chi connectivity index (χ3n) is 3.13. The lowest BCUT2D eigenvalue weighted by molar-refractivity contribution is -0.133. The first-order valence-electron chi connectivity index (χ1n) is 7.81. The van der Waals surface area contributed by atoms with Crippen LogP contribution in [0.5, 0.6) is 11.5 Å². The largest absolute Gasteiger partial charge is 0.490 e. The molecule has 0 saturated carbocycles. The monoisotopic (exact) mass is 346 g/mol. The molecular weight excluding hydrogens is 327 g/mol. The standard InChI is InChI=1S/C18H19FN2O4/c1-3-24-15-10-9-12(11-16(15)25-4-2)20-17(22)18(23)21-14-8-6-5-7-13(14)19/h5-11H,3-4H2,1-2H3,(H,20,22)(H,21,23). The van der Waals surface area contributed by atoms with Gasteiger partial charge in [0.15, 0.2) is 11.5 Å². The minimum Gasteiger partial charge on any atom is -0.490 e. The van der Waals surface area contributed by atoms with Gasteiger partial charge in [-0.25, -0.2) is 4.39 Å². The van der Waals surface area contributed by atoms with E-state index in [-0.39, 0.29) is 5.69 Å². The summed E-state index contributed by atoms with van der Waals surface area (Å²) >= 11 is 0. The highest BCUT2D eigenvalue weighted by Gasteiger charge is 2.16. The molecule has 2 aromatic carbocycles. The predicted molar refractivity (Wildman–Crippen MR) is 92.4 cm³/mol. The van der Waals surface area contributed by atoms with E-state index in [1.165, 1.54) is 18.2 Å². The van der Waals surface area contributed by atoms with Gasteiger partial charge in [-0.2, -0.15) is 0 Å². The Morgan fingerprint density at radius 1 is 0.920 bits per heavy atom. The Morgan fingerprint density at radius 3 is 2.24 bits per heavy atom. The summed E-state index contributed by atoms with van der Waals surface area (Å²) in [5.41, 5.74) is 0.296. The Labute approximate surface area is 144 Å². The number of benzene rings is 2. The molecule has 6 nitrogen and oxygen atoms in total. The van der Waals surface area contributed by atoms with Gasteiger partial charge in [-0.15, -0.1) is 0 Å². The second-order valence-electron chi connectivity index (χ2n) is 4.92. The van der Waals surface area contributed by atoms with Crippen LogP contribution in [0.25, 0.3) is 0 Å². The normalized spacial score (nSPS) is 10.0. The van der Waals surface area contributed by atoms with Gasteiger partial charge in [0.25, 0.3) is 0 Å². The highest BCUT2D eigenvalue weighted by Crippen LogP contribution is 2.30. The Bertz CT molecular complexity index is 764. The summed E-state index contributed by atoms with van der Waals surface area (Å²) in [6.45, 7) is 4.56. The summed E-state index contributed by atoms with van der Waals surface area (Å²) < 4.78 is 24.4. The molecule has 0 spiro atoms. The second kappa shape index (κ2) is 8.68. The molecule has 0 aliphatic heterocycles. The molecule has 2 rings (SSSR count). The van der Waals surface area contributed by atoms with Crippen molar-refractivity contribution in [2.45, 2.75) is 13.8 Å². The molecule has 0 fully saturated rings. The van der Waals surface area contributed by atoms with Gasteiger partial charge in [-0.05, 0) is 38.1 Å². The zero-order chi connectivity index (χ0) is 18.2. The van der Waals surface area contributed by atoms with Crippen molar-refractivity contribution >= 4 is 23.2 Å². The van der Waals surface area contributed by atoms with Gasteiger partial charge in [0.05, 0.1) is 18.9 Å².